The number of ether oxygens (including phenoxy) is 1. The lowest BCUT2D eigenvalue weighted by molar-refractivity contribution is 0.0827. The van der Waals surface area contributed by atoms with Crippen LogP contribution in [-0.4, -0.2) is 64.0 Å². The van der Waals surface area contributed by atoms with Crippen LogP contribution in [0.2, 0.25) is 0 Å². The van der Waals surface area contributed by atoms with E-state index < -0.39 is 0 Å². The van der Waals surface area contributed by atoms with Gasteiger partial charge in [-0.3, -0.25) is 9.78 Å². The summed E-state index contributed by atoms with van der Waals surface area (Å²) in [5, 5.41) is 9.83. The van der Waals surface area contributed by atoms with Gasteiger partial charge in [-0.2, -0.15) is 5.26 Å². The standard InChI is InChI=1S/C26H23IN6O3/c1-32(2)26(34)17-9-21(35-3)23(30-13-17)22-10-20-24(36-22)19(4-6-29-20)16-8-15(11-28)25(31-12-16)33-7-5-18(27)14-33/h4,6,8-10,12-13,18H,5,7,14H2,1-3H3. The van der Waals surface area contributed by atoms with Gasteiger partial charge in [0, 0.05) is 66.9 Å². The van der Waals surface area contributed by atoms with Gasteiger partial charge in [-0.05, 0) is 24.6 Å². The fourth-order valence-corrected chi connectivity index (χ4v) is 5.05. The molecule has 9 nitrogen and oxygen atoms in total. The molecule has 0 bridgehead atoms. The Hall–Kier alpha value is -3.72. The summed E-state index contributed by atoms with van der Waals surface area (Å²) in [5.74, 6) is 1.42. The summed E-state index contributed by atoms with van der Waals surface area (Å²) in [6, 6.07) is 9.42. The normalized spacial score (nSPS) is 15.2. The molecule has 0 spiro atoms. The zero-order valence-electron chi connectivity index (χ0n) is 20.0. The van der Waals surface area contributed by atoms with Crippen LogP contribution in [0.5, 0.6) is 5.75 Å². The number of anilines is 1. The Morgan fingerprint density at radius 3 is 2.78 bits per heavy atom. The molecule has 1 saturated heterocycles. The SMILES string of the molecule is COc1cc(C(=O)N(C)C)cnc1-c1cc2nccc(-c3cnc(N4CCC(I)C4)c(C#N)c3)c2o1. The van der Waals surface area contributed by atoms with Gasteiger partial charge in [-0.15, -0.1) is 0 Å². The number of hydrogen-bond donors (Lipinski definition) is 0. The van der Waals surface area contributed by atoms with Crippen LogP contribution in [0, 0.1) is 11.3 Å². The number of hydrogen-bond acceptors (Lipinski definition) is 8. The molecule has 1 amide bonds. The lowest BCUT2D eigenvalue weighted by Crippen LogP contribution is -2.21. The third-order valence-electron chi connectivity index (χ3n) is 6.10. The predicted molar refractivity (Wildman–Crippen MR) is 144 cm³/mol. The van der Waals surface area contributed by atoms with E-state index in [9.17, 15) is 10.1 Å². The van der Waals surface area contributed by atoms with Gasteiger partial charge in [0.15, 0.2) is 11.3 Å². The van der Waals surface area contributed by atoms with Gasteiger partial charge in [0.1, 0.15) is 28.8 Å². The highest BCUT2D eigenvalue weighted by Crippen LogP contribution is 2.37. The number of carbonyl (C=O) groups is 1. The van der Waals surface area contributed by atoms with E-state index in [-0.39, 0.29) is 5.91 Å². The van der Waals surface area contributed by atoms with Crippen LogP contribution in [0.25, 0.3) is 33.7 Å². The zero-order valence-corrected chi connectivity index (χ0v) is 22.2. The highest BCUT2D eigenvalue weighted by Gasteiger charge is 2.24. The summed E-state index contributed by atoms with van der Waals surface area (Å²) in [5.41, 5.74) is 4.13. The number of methoxy groups -OCH3 is 1. The molecule has 36 heavy (non-hydrogen) atoms. The van der Waals surface area contributed by atoms with E-state index in [1.807, 2.05) is 12.1 Å². The fraction of sp³-hybridized carbons (Fsp3) is 0.269. The van der Waals surface area contributed by atoms with Gasteiger partial charge in [-0.1, -0.05) is 22.6 Å². The molecule has 4 aromatic rings. The third kappa shape index (κ3) is 4.35. The summed E-state index contributed by atoms with van der Waals surface area (Å²) >= 11 is 2.44. The number of halogens is 1. The molecule has 5 heterocycles. The smallest absolute Gasteiger partial charge is 0.255 e. The molecule has 5 rings (SSSR count). The third-order valence-corrected chi connectivity index (χ3v) is 7.12. The van der Waals surface area contributed by atoms with Crippen molar-refractivity contribution in [2.45, 2.75) is 10.3 Å². The van der Waals surface area contributed by atoms with Crippen molar-refractivity contribution in [3.8, 4) is 34.4 Å². The van der Waals surface area contributed by atoms with Crippen molar-refractivity contribution in [1.29, 1.82) is 5.26 Å². The molecule has 182 valence electrons. The zero-order chi connectivity index (χ0) is 25.4. The van der Waals surface area contributed by atoms with Crippen LogP contribution in [0.3, 0.4) is 0 Å². The molecule has 0 aromatic carbocycles. The first kappa shape index (κ1) is 24.0. The Labute approximate surface area is 221 Å². The highest BCUT2D eigenvalue weighted by molar-refractivity contribution is 14.1. The van der Waals surface area contributed by atoms with E-state index in [1.54, 1.807) is 38.6 Å². The van der Waals surface area contributed by atoms with Gasteiger partial charge in [0.05, 0.1) is 18.2 Å². The first-order valence-corrected chi connectivity index (χ1v) is 12.6. The van der Waals surface area contributed by atoms with E-state index in [0.717, 1.165) is 30.6 Å². The average Bonchev–Trinajstić information content (AvgIpc) is 3.53. The van der Waals surface area contributed by atoms with Crippen molar-refractivity contribution in [2.24, 2.45) is 0 Å². The lowest BCUT2D eigenvalue weighted by Gasteiger charge is -2.18. The van der Waals surface area contributed by atoms with Crippen molar-refractivity contribution >= 4 is 45.4 Å². The summed E-state index contributed by atoms with van der Waals surface area (Å²) in [7, 11) is 4.88. The second-order valence-corrected chi connectivity index (χ2v) is 10.5. The first-order valence-electron chi connectivity index (χ1n) is 11.3. The minimum atomic E-state index is -0.173. The van der Waals surface area contributed by atoms with Crippen molar-refractivity contribution in [3.05, 3.63) is 54.0 Å². The Morgan fingerprint density at radius 2 is 2.08 bits per heavy atom. The molecule has 1 atom stereocenters. The summed E-state index contributed by atoms with van der Waals surface area (Å²) in [6.45, 7) is 1.78. The van der Waals surface area contributed by atoms with Crippen molar-refractivity contribution in [1.82, 2.24) is 19.9 Å². The number of aromatic nitrogens is 3. The maximum absolute atomic E-state index is 12.3. The Kier molecular flexibility index (Phi) is 6.49. The molecular formula is C26H23IN6O3. The molecule has 0 N–H and O–H groups in total. The Bertz CT molecular complexity index is 1510. The number of alkyl halides is 1. The first-order chi connectivity index (χ1) is 17.4. The average molecular weight is 594 g/mol. The monoisotopic (exact) mass is 594 g/mol. The largest absolute Gasteiger partial charge is 0.494 e. The fourth-order valence-electron chi connectivity index (χ4n) is 4.29. The number of amides is 1. The molecule has 0 radical (unpaired) electrons. The van der Waals surface area contributed by atoms with Crippen LogP contribution in [0.4, 0.5) is 5.82 Å². The number of furan rings is 1. The van der Waals surface area contributed by atoms with Crippen LogP contribution < -0.4 is 9.64 Å². The van der Waals surface area contributed by atoms with E-state index >= 15 is 0 Å². The number of fused-ring (bicyclic) bond motifs is 1. The lowest BCUT2D eigenvalue weighted by atomic mass is 10.1. The molecule has 0 aliphatic carbocycles. The summed E-state index contributed by atoms with van der Waals surface area (Å²) in [6.07, 6.45) is 6.05. The summed E-state index contributed by atoms with van der Waals surface area (Å²) in [4.78, 5) is 29.5. The number of nitriles is 1. The van der Waals surface area contributed by atoms with Gasteiger partial charge in [-0.25, -0.2) is 9.97 Å². The molecule has 4 aromatic heterocycles. The van der Waals surface area contributed by atoms with Crippen molar-refractivity contribution in [3.63, 3.8) is 0 Å². The van der Waals surface area contributed by atoms with Crippen LogP contribution in [0.1, 0.15) is 22.3 Å². The van der Waals surface area contributed by atoms with Gasteiger partial charge in [0.25, 0.3) is 5.91 Å². The molecule has 1 fully saturated rings. The predicted octanol–water partition coefficient (Wildman–Crippen LogP) is 4.55. The summed E-state index contributed by atoms with van der Waals surface area (Å²) < 4.78 is 12.3. The second kappa shape index (κ2) is 9.73. The molecule has 1 aliphatic rings. The number of rotatable bonds is 5. The Morgan fingerprint density at radius 1 is 1.25 bits per heavy atom. The molecule has 10 heteroatoms. The molecule has 1 unspecified atom stereocenters. The maximum Gasteiger partial charge on any atom is 0.255 e. The topological polar surface area (TPSA) is 108 Å². The molecule has 1 aliphatic heterocycles. The molecule has 0 saturated carbocycles. The minimum absolute atomic E-state index is 0.173. The van der Waals surface area contributed by atoms with Crippen molar-refractivity contribution < 1.29 is 13.9 Å². The van der Waals surface area contributed by atoms with Gasteiger partial charge >= 0.3 is 0 Å². The van der Waals surface area contributed by atoms with E-state index in [0.29, 0.717) is 49.2 Å². The number of nitrogens with zero attached hydrogens (tertiary/aromatic N) is 6. The van der Waals surface area contributed by atoms with E-state index in [1.165, 1.54) is 18.2 Å². The minimum Gasteiger partial charge on any atom is -0.494 e. The second-order valence-electron chi connectivity index (χ2n) is 8.70. The van der Waals surface area contributed by atoms with Crippen molar-refractivity contribution in [2.75, 3.05) is 39.2 Å². The van der Waals surface area contributed by atoms with Crippen LogP contribution in [0.15, 0.2) is 47.3 Å². The molecular weight excluding hydrogens is 571 g/mol. The van der Waals surface area contributed by atoms with Gasteiger partial charge < -0.3 is 19.0 Å². The van der Waals surface area contributed by atoms with E-state index in [4.69, 9.17) is 9.15 Å². The van der Waals surface area contributed by atoms with E-state index in [2.05, 4.69) is 48.5 Å². The van der Waals surface area contributed by atoms with Crippen LogP contribution in [-0.2, 0) is 0 Å². The quantitative estimate of drug-likeness (QED) is 0.245. The number of carbonyl (C=O) groups excluding carboxylic acids is 1. The Balaban J connectivity index is 1.56. The van der Waals surface area contributed by atoms with Gasteiger partial charge in [0.2, 0.25) is 0 Å². The number of pyridine rings is 3. The van der Waals surface area contributed by atoms with Crippen LogP contribution >= 0.6 is 22.6 Å². The highest BCUT2D eigenvalue weighted by atomic mass is 127. The maximum atomic E-state index is 12.3.